The van der Waals surface area contributed by atoms with Gasteiger partial charge >= 0.3 is 0 Å². The molecule has 4 heteroatoms. The number of nitrogens with zero attached hydrogens (tertiary/aromatic N) is 2. The minimum atomic E-state index is 0.610. The smallest absolute Gasteiger partial charge is 0.118 e. The van der Waals surface area contributed by atoms with E-state index in [1.54, 1.807) is 7.11 Å². The molecule has 2 heterocycles. The van der Waals surface area contributed by atoms with E-state index in [4.69, 9.17) is 14.7 Å². The number of methoxy groups -OCH3 is 1. The maximum atomic E-state index is 5.26. The molecule has 0 saturated heterocycles. The van der Waals surface area contributed by atoms with Crippen LogP contribution in [-0.2, 0) is 0 Å². The molecule has 2 aromatic carbocycles. The van der Waals surface area contributed by atoms with Crippen LogP contribution in [0.4, 0.5) is 0 Å². The molecule has 1 aliphatic heterocycles. The van der Waals surface area contributed by atoms with Gasteiger partial charge in [0.05, 0.1) is 30.1 Å². The number of ether oxygens (including phenoxy) is 1. The number of hydrogen-bond donors (Lipinski definition) is 1. The Bertz CT molecular complexity index is 1040. The Hall–Kier alpha value is -3.14. The molecule has 1 aromatic heterocycles. The van der Waals surface area contributed by atoms with Crippen molar-refractivity contribution >= 4 is 11.4 Å². The summed E-state index contributed by atoms with van der Waals surface area (Å²) in [5, 5.41) is 1.91. The number of rotatable bonds is 3. The summed E-state index contributed by atoms with van der Waals surface area (Å²) in [5.74, 6) is 0.833. The molecule has 0 atom stereocenters. The fourth-order valence-corrected chi connectivity index (χ4v) is 2.96. The van der Waals surface area contributed by atoms with Crippen LogP contribution in [0.1, 0.15) is 12.5 Å². The van der Waals surface area contributed by atoms with Gasteiger partial charge in [-0.2, -0.15) is 0 Å². The normalized spacial score (nSPS) is 13.5. The van der Waals surface area contributed by atoms with Gasteiger partial charge in [0, 0.05) is 17.0 Å². The second-order valence-corrected chi connectivity index (χ2v) is 6.05. The Labute approximate surface area is 146 Å². The van der Waals surface area contributed by atoms with E-state index in [1.807, 2.05) is 49.4 Å². The Morgan fingerprint density at radius 2 is 1.72 bits per heavy atom. The molecule has 0 bridgehead atoms. The first-order valence-corrected chi connectivity index (χ1v) is 8.26. The zero-order chi connectivity index (χ0) is 17.2. The topological polar surface area (TPSA) is 49.7 Å². The molecule has 0 aliphatic carbocycles. The lowest BCUT2D eigenvalue weighted by atomic mass is 10.1. The molecule has 4 rings (SSSR count). The Kier molecular flexibility index (Phi) is 3.94. The first-order chi connectivity index (χ1) is 12.2. The van der Waals surface area contributed by atoms with E-state index in [2.05, 4.69) is 23.2 Å². The number of H-pyrrole nitrogens is 1. The van der Waals surface area contributed by atoms with Crippen LogP contribution >= 0.6 is 0 Å². The number of benzene rings is 2. The fraction of sp³-hybridized carbons (Fsp3) is 0.143. The molecule has 0 unspecified atom stereocenters. The molecular weight excluding hydrogens is 310 g/mol. The van der Waals surface area contributed by atoms with Crippen molar-refractivity contribution in [3.63, 3.8) is 0 Å². The van der Waals surface area contributed by atoms with Crippen molar-refractivity contribution in [1.82, 2.24) is 4.98 Å². The Morgan fingerprint density at radius 1 is 0.960 bits per heavy atom. The summed E-state index contributed by atoms with van der Waals surface area (Å²) < 4.78 is 5.26. The maximum absolute atomic E-state index is 5.26. The third-order valence-electron chi connectivity index (χ3n) is 4.26. The largest absolute Gasteiger partial charge is 0.497 e. The van der Waals surface area contributed by atoms with Gasteiger partial charge in [0.25, 0.3) is 0 Å². The third kappa shape index (κ3) is 2.98. The second-order valence-electron chi connectivity index (χ2n) is 6.05. The average Bonchev–Trinajstić information content (AvgIpc) is 3.03. The molecule has 0 spiro atoms. The number of aromatic nitrogens is 1. The van der Waals surface area contributed by atoms with Crippen LogP contribution in [0.5, 0.6) is 5.75 Å². The number of fused-ring (bicyclic) bond motifs is 1. The van der Waals surface area contributed by atoms with E-state index in [-0.39, 0.29) is 0 Å². The highest BCUT2D eigenvalue weighted by molar-refractivity contribution is 5.90. The summed E-state index contributed by atoms with van der Waals surface area (Å²) in [6, 6.07) is 20.3. The highest BCUT2D eigenvalue weighted by atomic mass is 16.5. The van der Waals surface area contributed by atoms with Crippen molar-refractivity contribution in [2.75, 3.05) is 13.7 Å². The van der Waals surface area contributed by atoms with E-state index >= 15 is 0 Å². The lowest BCUT2D eigenvalue weighted by Gasteiger charge is -2.04. The molecule has 25 heavy (non-hydrogen) atoms. The van der Waals surface area contributed by atoms with Crippen LogP contribution in [0.2, 0.25) is 0 Å². The van der Waals surface area contributed by atoms with E-state index in [9.17, 15) is 0 Å². The van der Waals surface area contributed by atoms with Gasteiger partial charge in [-0.15, -0.1) is 0 Å². The first kappa shape index (κ1) is 15.4. The minimum Gasteiger partial charge on any atom is -0.497 e. The third-order valence-corrected chi connectivity index (χ3v) is 4.26. The quantitative estimate of drug-likeness (QED) is 0.789. The molecular formula is C21H19N3O. The molecule has 0 radical (unpaired) electrons. The van der Waals surface area contributed by atoms with Gasteiger partial charge in [-0.3, -0.25) is 9.98 Å². The average molecular weight is 329 g/mol. The SMILES string of the molecule is COc1ccc(C2=c3[nH]c(-c4ccccc4)cc3=NCC(C)=N2)cc1. The second kappa shape index (κ2) is 6.40. The number of aliphatic imine (C=N–C) groups is 1. The predicted octanol–water partition coefficient (Wildman–Crippen LogP) is 2.94. The standard InChI is InChI=1S/C21H19N3O/c1-14-13-22-19-12-18(15-6-4-3-5-7-15)24-21(19)20(23-14)16-8-10-17(25-2)11-9-16/h3-12,24H,13H2,1-2H3. The van der Waals surface area contributed by atoms with Crippen molar-refractivity contribution in [3.8, 4) is 17.0 Å². The van der Waals surface area contributed by atoms with Gasteiger partial charge < -0.3 is 9.72 Å². The molecule has 0 fully saturated rings. The highest BCUT2D eigenvalue weighted by Crippen LogP contribution is 2.19. The van der Waals surface area contributed by atoms with Crippen molar-refractivity contribution in [2.24, 2.45) is 9.98 Å². The highest BCUT2D eigenvalue weighted by Gasteiger charge is 2.11. The van der Waals surface area contributed by atoms with Gasteiger partial charge in [0.15, 0.2) is 0 Å². The first-order valence-electron chi connectivity index (χ1n) is 8.26. The number of aromatic amines is 1. The van der Waals surface area contributed by atoms with Crippen LogP contribution in [0.3, 0.4) is 0 Å². The van der Waals surface area contributed by atoms with Crippen molar-refractivity contribution in [1.29, 1.82) is 0 Å². The predicted molar refractivity (Wildman–Crippen MR) is 100 cm³/mol. The van der Waals surface area contributed by atoms with E-state index < -0.39 is 0 Å². The maximum Gasteiger partial charge on any atom is 0.118 e. The molecule has 3 aromatic rings. The Morgan fingerprint density at radius 3 is 2.44 bits per heavy atom. The van der Waals surface area contributed by atoms with Gasteiger partial charge in [-0.25, -0.2) is 0 Å². The summed E-state index contributed by atoms with van der Waals surface area (Å²) in [4.78, 5) is 13.1. The zero-order valence-electron chi connectivity index (χ0n) is 14.3. The van der Waals surface area contributed by atoms with Crippen LogP contribution in [0, 0.1) is 0 Å². The molecule has 4 nitrogen and oxygen atoms in total. The van der Waals surface area contributed by atoms with Crippen molar-refractivity contribution in [3.05, 3.63) is 76.9 Å². The summed E-state index contributed by atoms with van der Waals surface area (Å²) in [5.41, 5.74) is 5.14. The van der Waals surface area contributed by atoms with E-state index in [0.29, 0.717) is 6.54 Å². The van der Waals surface area contributed by atoms with E-state index in [0.717, 1.165) is 44.7 Å². The number of nitrogens with one attached hydrogen (secondary N) is 1. The lowest BCUT2D eigenvalue weighted by Crippen LogP contribution is -2.25. The summed E-state index contributed by atoms with van der Waals surface area (Å²) >= 11 is 0. The van der Waals surface area contributed by atoms with Crippen LogP contribution in [0.25, 0.3) is 17.0 Å². The van der Waals surface area contributed by atoms with Gasteiger partial charge in [-0.1, -0.05) is 30.3 Å². The van der Waals surface area contributed by atoms with Crippen LogP contribution < -0.4 is 15.4 Å². The van der Waals surface area contributed by atoms with E-state index in [1.165, 1.54) is 0 Å². The zero-order valence-corrected chi connectivity index (χ0v) is 14.3. The molecule has 0 saturated carbocycles. The Balaban J connectivity index is 1.95. The fourth-order valence-electron chi connectivity index (χ4n) is 2.96. The van der Waals surface area contributed by atoms with Crippen molar-refractivity contribution in [2.45, 2.75) is 6.92 Å². The molecule has 0 amide bonds. The monoisotopic (exact) mass is 329 g/mol. The van der Waals surface area contributed by atoms with Gasteiger partial charge in [0.1, 0.15) is 5.75 Å². The van der Waals surface area contributed by atoms with Crippen LogP contribution in [-0.4, -0.2) is 24.4 Å². The lowest BCUT2D eigenvalue weighted by molar-refractivity contribution is 0.415. The molecule has 1 aliphatic rings. The van der Waals surface area contributed by atoms with Crippen LogP contribution in [0.15, 0.2) is 70.6 Å². The van der Waals surface area contributed by atoms with Crippen molar-refractivity contribution < 1.29 is 4.74 Å². The number of hydrogen-bond acceptors (Lipinski definition) is 3. The summed E-state index contributed by atoms with van der Waals surface area (Å²) in [7, 11) is 1.67. The summed E-state index contributed by atoms with van der Waals surface area (Å²) in [6.07, 6.45) is 0. The minimum absolute atomic E-state index is 0.610. The molecule has 1 N–H and O–H groups in total. The summed E-state index contributed by atoms with van der Waals surface area (Å²) in [6.45, 7) is 2.62. The van der Waals surface area contributed by atoms with Gasteiger partial charge in [-0.05, 0) is 42.8 Å². The van der Waals surface area contributed by atoms with Gasteiger partial charge in [0.2, 0.25) is 0 Å². The molecule has 124 valence electrons.